The predicted octanol–water partition coefficient (Wildman–Crippen LogP) is 6.26. The van der Waals surface area contributed by atoms with E-state index in [4.69, 9.17) is 0 Å². The summed E-state index contributed by atoms with van der Waals surface area (Å²) in [4.78, 5) is 4.65. The molecule has 2 heterocycles. The maximum atomic E-state index is 13.6. The van der Waals surface area contributed by atoms with E-state index in [1.54, 1.807) is 6.07 Å². The quantitative estimate of drug-likeness (QED) is 0.380. The molecule has 1 aliphatic rings. The molecule has 0 spiro atoms. The van der Waals surface area contributed by atoms with Gasteiger partial charge in [0.25, 0.3) is 0 Å². The molecule has 0 saturated carbocycles. The largest absolute Gasteiger partial charge is 0.417 e. The van der Waals surface area contributed by atoms with Crippen LogP contribution in [0.4, 0.5) is 24.8 Å². The van der Waals surface area contributed by atoms with Crippen LogP contribution in [-0.2, 0) is 37.6 Å². The number of aromatic nitrogens is 3. The number of rotatable bonds is 3. The molecule has 157 valence electrons. The zero-order valence-corrected chi connectivity index (χ0v) is 17.9. The molecule has 5 rings (SSSR count). The van der Waals surface area contributed by atoms with E-state index in [1.165, 1.54) is 12.1 Å². The number of nitrogens with one attached hydrogen (secondary N) is 2. The van der Waals surface area contributed by atoms with E-state index in [0.717, 1.165) is 53.8 Å². The van der Waals surface area contributed by atoms with Gasteiger partial charge in [-0.2, -0.15) is 18.3 Å². The van der Waals surface area contributed by atoms with Gasteiger partial charge < -0.3 is 5.32 Å². The molecule has 31 heavy (non-hydrogen) atoms. The summed E-state index contributed by atoms with van der Waals surface area (Å²) in [5.41, 5.74) is 2.73. The molecule has 1 radical (unpaired) electrons. The van der Waals surface area contributed by atoms with E-state index < -0.39 is 11.7 Å². The zero-order valence-electron chi connectivity index (χ0n) is 16.5. The van der Waals surface area contributed by atoms with Gasteiger partial charge in [0, 0.05) is 29.5 Å². The van der Waals surface area contributed by atoms with Crippen LogP contribution in [0, 0.1) is 0 Å². The number of para-hydroxylation sites is 1. The summed E-state index contributed by atoms with van der Waals surface area (Å²) in [5, 5.41) is 11.5. The van der Waals surface area contributed by atoms with Crippen LogP contribution >= 0.6 is 0 Å². The van der Waals surface area contributed by atoms with Crippen molar-refractivity contribution in [1.29, 1.82) is 0 Å². The number of H-pyrrole nitrogens is 1. The Balaban J connectivity index is 0.00000231. The number of hydrogen-bond acceptors (Lipinski definition) is 3. The molecular weight excluding hydrogens is 440 g/mol. The minimum absolute atomic E-state index is 0. The third kappa shape index (κ3) is 4.08. The fourth-order valence-corrected chi connectivity index (χ4v) is 4.11. The van der Waals surface area contributed by atoms with Gasteiger partial charge in [0.2, 0.25) is 0 Å². The number of aromatic amines is 1. The number of halogens is 3. The molecule has 0 atom stereocenters. The second-order valence-electron chi connectivity index (χ2n) is 7.49. The van der Waals surface area contributed by atoms with Crippen molar-refractivity contribution in [3.05, 3.63) is 71.3 Å². The first-order valence-corrected chi connectivity index (χ1v) is 9.90. The van der Waals surface area contributed by atoms with Crippen LogP contribution in [0.1, 0.15) is 29.5 Å². The van der Waals surface area contributed by atoms with E-state index in [0.29, 0.717) is 17.3 Å². The molecular formula is C23H19F3N4V. The average Bonchev–Trinajstić information content (AvgIpc) is 3.16. The topological polar surface area (TPSA) is 53.6 Å². The molecule has 0 aliphatic heterocycles. The van der Waals surface area contributed by atoms with Crippen LogP contribution in [0.3, 0.4) is 0 Å². The number of benzene rings is 2. The van der Waals surface area contributed by atoms with Gasteiger partial charge >= 0.3 is 6.18 Å². The molecule has 2 N–H and O–H groups in total. The standard InChI is InChI=1S/C23H19F3N4.V/c24-23(25,26)18-11-5-3-9-16(18)20-13-14-7-1-2-8-15(14)21(27-20)28-22-17-10-4-6-12-19(17)29-30-22;/h3-6,9-13H,1-2,7-8H2,(H2,27,28,29,30);. The van der Waals surface area contributed by atoms with E-state index in [1.807, 2.05) is 30.3 Å². The van der Waals surface area contributed by atoms with Crippen LogP contribution in [-0.4, -0.2) is 15.2 Å². The first kappa shape index (κ1) is 21.5. The fourth-order valence-electron chi connectivity index (χ4n) is 4.11. The van der Waals surface area contributed by atoms with E-state index in [9.17, 15) is 13.2 Å². The van der Waals surface area contributed by atoms with Gasteiger partial charge in [0.1, 0.15) is 5.82 Å². The number of nitrogens with zero attached hydrogens (tertiary/aromatic N) is 2. The minimum Gasteiger partial charge on any atom is -0.323 e. The van der Waals surface area contributed by atoms with Gasteiger partial charge in [0.15, 0.2) is 5.82 Å². The Morgan fingerprint density at radius 3 is 2.48 bits per heavy atom. The number of aryl methyl sites for hydroxylation is 1. The second kappa shape index (κ2) is 8.40. The van der Waals surface area contributed by atoms with Crippen molar-refractivity contribution in [3.8, 4) is 11.3 Å². The van der Waals surface area contributed by atoms with E-state index in [-0.39, 0.29) is 24.1 Å². The first-order valence-electron chi connectivity index (χ1n) is 9.90. The zero-order chi connectivity index (χ0) is 20.7. The molecule has 1 aliphatic carbocycles. The molecule has 2 aromatic carbocycles. The van der Waals surface area contributed by atoms with Gasteiger partial charge in [-0.25, -0.2) is 4.98 Å². The third-order valence-electron chi connectivity index (χ3n) is 5.56. The van der Waals surface area contributed by atoms with Crippen molar-refractivity contribution in [2.45, 2.75) is 31.9 Å². The van der Waals surface area contributed by atoms with Gasteiger partial charge in [-0.3, -0.25) is 5.10 Å². The fraction of sp³-hybridized carbons (Fsp3) is 0.217. The van der Waals surface area contributed by atoms with Crippen LogP contribution in [0.5, 0.6) is 0 Å². The van der Waals surface area contributed by atoms with Crippen molar-refractivity contribution >= 4 is 22.5 Å². The normalized spacial score (nSPS) is 13.5. The number of fused-ring (bicyclic) bond motifs is 2. The van der Waals surface area contributed by atoms with Gasteiger partial charge in [0.05, 0.1) is 16.8 Å². The van der Waals surface area contributed by atoms with Crippen LogP contribution in [0.2, 0.25) is 0 Å². The number of anilines is 2. The molecule has 0 fully saturated rings. The van der Waals surface area contributed by atoms with Crippen molar-refractivity contribution in [3.63, 3.8) is 0 Å². The van der Waals surface area contributed by atoms with E-state index >= 15 is 0 Å². The van der Waals surface area contributed by atoms with Crippen molar-refractivity contribution in [2.75, 3.05) is 5.32 Å². The van der Waals surface area contributed by atoms with Gasteiger partial charge in [-0.1, -0.05) is 30.3 Å². The maximum Gasteiger partial charge on any atom is 0.417 e. The SMILES string of the molecule is FC(F)(F)c1ccccc1-c1cc2c(c(Nc3n[nH]c4ccccc34)n1)CCCC2.[V]. The third-order valence-corrected chi connectivity index (χ3v) is 5.56. The molecule has 4 nitrogen and oxygen atoms in total. The average molecular weight is 459 g/mol. The van der Waals surface area contributed by atoms with Crippen LogP contribution in [0.15, 0.2) is 54.6 Å². The maximum absolute atomic E-state index is 13.6. The van der Waals surface area contributed by atoms with Crippen molar-refractivity contribution < 1.29 is 31.7 Å². The van der Waals surface area contributed by atoms with Crippen molar-refractivity contribution in [1.82, 2.24) is 15.2 Å². The number of hydrogen-bond donors (Lipinski definition) is 2. The van der Waals surface area contributed by atoms with Crippen LogP contribution < -0.4 is 5.32 Å². The summed E-state index contributed by atoms with van der Waals surface area (Å²) in [6.45, 7) is 0. The summed E-state index contributed by atoms with van der Waals surface area (Å²) in [7, 11) is 0. The molecule has 2 aromatic heterocycles. The monoisotopic (exact) mass is 459 g/mol. The van der Waals surface area contributed by atoms with E-state index in [2.05, 4.69) is 20.5 Å². The molecule has 0 amide bonds. The molecule has 4 aromatic rings. The van der Waals surface area contributed by atoms with Crippen LogP contribution in [0.25, 0.3) is 22.2 Å². The van der Waals surface area contributed by atoms with Gasteiger partial charge in [-0.05, 0) is 61.1 Å². The molecule has 0 saturated heterocycles. The Morgan fingerprint density at radius 2 is 1.65 bits per heavy atom. The van der Waals surface area contributed by atoms with Gasteiger partial charge in [-0.15, -0.1) is 0 Å². The molecule has 0 unspecified atom stereocenters. The summed E-state index contributed by atoms with van der Waals surface area (Å²) < 4.78 is 40.8. The Kier molecular flexibility index (Phi) is 5.82. The molecule has 8 heteroatoms. The molecule has 0 bridgehead atoms. The predicted molar refractivity (Wildman–Crippen MR) is 111 cm³/mol. The Hall–Kier alpha value is -2.77. The summed E-state index contributed by atoms with van der Waals surface area (Å²) in [5.74, 6) is 1.20. The van der Waals surface area contributed by atoms with Crippen molar-refractivity contribution in [2.24, 2.45) is 0 Å². The first-order chi connectivity index (χ1) is 14.5. The second-order valence-corrected chi connectivity index (χ2v) is 7.49. The Labute approximate surface area is 189 Å². The Morgan fingerprint density at radius 1 is 0.903 bits per heavy atom. The summed E-state index contributed by atoms with van der Waals surface area (Å²) in [6.07, 6.45) is -0.727. The Bertz CT molecular complexity index is 1230. The summed E-state index contributed by atoms with van der Waals surface area (Å²) in [6, 6.07) is 15.1. The minimum atomic E-state index is -4.44. The number of alkyl halides is 3. The summed E-state index contributed by atoms with van der Waals surface area (Å²) >= 11 is 0. The number of pyridine rings is 1. The smallest absolute Gasteiger partial charge is 0.323 e.